The zero-order chi connectivity index (χ0) is 24.7. The predicted octanol–water partition coefficient (Wildman–Crippen LogP) is 8.40. The van der Waals surface area contributed by atoms with E-state index in [1.807, 2.05) is 0 Å². The number of anilines is 3. The molecule has 3 nitrogen and oxygen atoms in total. The minimum absolute atomic E-state index is 0.0948. The van der Waals surface area contributed by atoms with E-state index in [1.54, 1.807) is 18.5 Å². The fourth-order valence-electron chi connectivity index (χ4n) is 5.39. The highest BCUT2D eigenvalue weighted by Gasteiger charge is 2.36. The van der Waals surface area contributed by atoms with Gasteiger partial charge in [0.05, 0.1) is 28.7 Å². The summed E-state index contributed by atoms with van der Waals surface area (Å²) >= 11 is 0. The molecule has 0 amide bonds. The number of benzene rings is 4. The molecule has 0 saturated heterocycles. The van der Waals surface area contributed by atoms with Crippen LogP contribution < -0.4 is 4.90 Å². The van der Waals surface area contributed by atoms with E-state index in [-0.39, 0.29) is 5.41 Å². The second-order valence-corrected chi connectivity index (χ2v) is 9.62. The normalized spacial score (nSPS) is 13.4. The summed E-state index contributed by atoms with van der Waals surface area (Å²) in [6.45, 7) is 4.61. The molecule has 1 aliphatic rings. The molecule has 1 aromatic heterocycles. The molecular weight excluding hydrogens is 438 g/mol. The Morgan fingerprint density at radius 2 is 1.17 bits per heavy atom. The first-order chi connectivity index (χ1) is 17.6. The van der Waals surface area contributed by atoms with Crippen LogP contribution in [0.2, 0.25) is 0 Å². The molecule has 0 unspecified atom stereocenters. The molecule has 4 aromatic carbocycles. The first-order valence-corrected chi connectivity index (χ1v) is 12.1. The van der Waals surface area contributed by atoms with Gasteiger partial charge >= 0.3 is 0 Å². The van der Waals surface area contributed by atoms with Crippen LogP contribution in [-0.2, 0) is 5.41 Å². The Kier molecular flexibility index (Phi) is 5.16. The van der Waals surface area contributed by atoms with Gasteiger partial charge < -0.3 is 4.90 Å². The Hall–Kier alpha value is -4.68. The number of fused-ring (bicyclic) bond motifs is 2. The summed E-state index contributed by atoms with van der Waals surface area (Å²) in [4.78, 5) is 6.62. The van der Waals surface area contributed by atoms with E-state index in [1.165, 1.54) is 22.5 Å². The van der Waals surface area contributed by atoms with Crippen LogP contribution in [0.3, 0.4) is 0 Å². The highest BCUT2D eigenvalue weighted by molar-refractivity contribution is 5.92. The number of aromatic nitrogens is 1. The predicted molar refractivity (Wildman–Crippen MR) is 147 cm³/mol. The molecule has 0 saturated carbocycles. The molecule has 0 radical (unpaired) electrons. The summed E-state index contributed by atoms with van der Waals surface area (Å²) in [5, 5.41) is 9.51. The van der Waals surface area contributed by atoms with Crippen molar-refractivity contribution in [1.82, 2.24) is 4.98 Å². The van der Waals surface area contributed by atoms with E-state index in [0.717, 1.165) is 27.9 Å². The van der Waals surface area contributed by atoms with Crippen LogP contribution in [0.25, 0.3) is 22.3 Å². The molecule has 0 N–H and O–H groups in total. The molecule has 0 bridgehead atoms. The summed E-state index contributed by atoms with van der Waals surface area (Å²) in [5.41, 5.74) is 10.8. The Bertz CT molecular complexity index is 1570. The molecule has 3 heteroatoms. The van der Waals surface area contributed by atoms with Crippen LogP contribution in [0, 0.1) is 11.3 Å². The van der Waals surface area contributed by atoms with E-state index in [4.69, 9.17) is 0 Å². The molecule has 5 aromatic rings. The lowest BCUT2D eigenvalue weighted by atomic mass is 9.73. The summed E-state index contributed by atoms with van der Waals surface area (Å²) in [6, 6.07) is 38.4. The second kappa shape index (κ2) is 8.52. The summed E-state index contributed by atoms with van der Waals surface area (Å²) in [7, 11) is 0. The lowest BCUT2D eigenvalue weighted by Gasteiger charge is -2.42. The molecule has 0 atom stereocenters. The molecule has 0 aliphatic carbocycles. The highest BCUT2D eigenvalue weighted by atomic mass is 15.2. The number of para-hydroxylation sites is 3. The van der Waals surface area contributed by atoms with Gasteiger partial charge in [-0.05, 0) is 46.5 Å². The van der Waals surface area contributed by atoms with E-state index in [9.17, 15) is 5.26 Å². The largest absolute Gasteiger partial charge is 0.309 e. The quantitative estimate of drug-likeness (QED) is 0.270. The van der Waals surface area contributed by atoms with E-state index in [0.29, 0.717) is 5.56 Å². The first-order valence-electron chi connectivity index (χ1n) is 12.1. The third-order valence-electron chi connectivity index (χ3n) is 7.23. The van der Waals surface area contributed by atoms with Crippen molar-refractivity contribution in [3.05, 3.63) is 132 Å². The number of nitriles is 1. The first kappa shape index (κ1) is 21.8. The fraction of sp³-hybridized carbons (Fsp3) is 0.0909. The lowest BCUT2D eigenvalue weighted by molar-refractivity contribution is 0.632. The Labute approximate surface area is 211 Å². The number of rotatable bonds is 3. The van der Waals surface area contributed by atoms with Crippen LogP contribution in [0.5, 0.6) is 0 Å². The van der Waals surface area contributed by atoms with E-state index >= 15 is 0 Å². The third-order valence-corrected chi connectivity index (χ3v) is 7.23. The minimum atomic E-state index is -0.0948. The highest BCUT2D eigenvalue weighted by Crippen LogP contribution is 2.53. The average molecular weight is 464 g/mol. The van der Waals surface area contributed by atoms with Crippen molar-refractivity contribution in [2.45, 2.75) is 19.3 Å². The monoisotopic (exact) mass is 463 g/mol. The van der Waals surface area contributed by atoms with Gasteiger partial charge in [0.2, 0.25) is 0 Å². The van der Waals surface area contributed by atoms with E-state index in [2.05, 4.69) is 127 Å². The van der Waals surface area contributed by atoms with Gasteiger partial charge in [-0.3, -0.25) is 4.98 Å². The van der Waals surface area contributed by atoms with Crippen LogP contribution in [0.15, 0.2) is 116 Å². The van der Waals surface area contributed by atoms with Crippen molar-refractivity contribution < 1.29 is 0 Å². The Morgan fingerprint density at radius 1 is 0.639 bits per heavy atom. The molecule has 0 fully saturated rings. The van der Waals surface area contributed by atoms with Gasteiger partial charge in [0, 0.05) is 28.9 Å². The molecule has 2 heterocycles. The maximum absolute atomic E-state index is 9.51. The topological polar surface area (TPSA) is 39.9 Å². The van der Waals surface area contributed by atoms with Crippen molar-refractivity contribution in [3.63, 3.8) is 0 Å². The van der Waals surface area contributed by atoms with Crippen LogP contribution >= 0.6 is 0 Å². The van der Waals surface area contributed by atoms with Gasteiger partial charge in [0.25, 0.3) is 0 Å². The van der Waals surface area contributed by atoms with E-state index < -0.39 is 0 Å². The molecule has 172 valence electrons. The molecule has 0 spiro atoms. The van der Waals surface area contributed by atoms with Crippen molar-refractivity contribution in [1.29, 1.82) is 5.26 Å². The smallest absolute Gasteiger partial charge is 0.0999 e. The van der Waals surface area contributed by atoms with Crippen LogP contribution in [0.1, 0.15) is 30.5 Å². The summed E-state index contributed by atoms with van der Waals surface area (Å²) < 4.78 is 0. The van der Waals surface area contributed by atoms with Crippen molar-refractivity contribution >= 4 is 17.1 Å². The van der Waals surface area contributed by atoms with Gasteiger partial charge in [0.1, 0.15) is 0 Å². The standard InChI is InChI=1S/C33H25N3/c1-33(2)28-10-4-7-13-31(28)36(32-14-8-5-11-29(32)33)30-12-6-3-9-26(30)23-15-17-24(18-16-23)27-22-35-20-19-25(27)21-34/h3-20,22H,1-2H3. The van der Waals surface area contributed by atoms with Gasteiger partial charge in [-0.2, -0.15) is 5.26 Å². The maximum Gasteiger partial charge on any atom is 0.0999 e. The zero-order valence-electron chi connectivity index (χ0n) is 20.3. The van der Waals surface area contributed by atoms with Gasteiger partial charge in [-0.25, -0.2) is 0 Å². The van der Waals surface area contributed by atoms with Gasteiger partial charge in [-0.15, -0.1) is 0 Å². The number of hydrogen-bond donors (Lipinski definition) is 0. The van der Waals surface area contributed by atoms with Gasteiger partial charge in [-0.1, -0.05) is 92.7 Å². The molecular formula is C33H25N3. The third kappa shape index (κ3) is 3.39. The minimum Gasteiger partial charge on any atom is -0.309 e. The lowest BCUT2D eigenvalue weighted by Crippen LogP contribution is -2.30. The number of nitrogens with zero attached hydrogens (tertiary/aromatic N) is 3. The second-order valence-electron chi connectivity index (χ2n) is 9.62. The summed E-state index contributed by atoms with van der Waals surface area (Å²) in [5.74, 6) is 0. The molecule has 1 aliphatic heterocycles. The fourth-order valence-corrected chi connectivity index (χ4v) is 5.39. The van der Waals surface area contributed by atoms with Crippen molar-refractivity contribution in [2.75, 3.05) is 4.90 Å². The molecule has 6 rings (SSSR count). The summed E-state index contributed by atoms with van der Waals surface area (Å²) in [6.07, 6.45) is 3.41. The van der Waals surface area contributed by atoms with Crippen LogP contribution in [-0.4, -0.2) is 4.98 Å². The SMILES string of the molecule is CC1(C)c2ccccc2N(c2ccccc2-c2ccc(-c3cnccc3C#N)cc2)c2ccccc21. The van der Waals surface area contributed by atoms with Gasteiger partial charge in [0.15, 0.2) is 0 Å². The van der Waals surface area contributed by atoms with Crippen molar-refractivity contribution in [3.8, 4) is 28.3 Å². The number of pyridine rings is 1. The Balaban J connectivity index is 1.51. The molecule has 36 heavy (non-hydrogen) atoms. The van der Waals surface area contributed by atoms with Crippen molar-refractivity contribution in [2.24, 2.45) is 0 Å². The van der Waals surface area contributed by atoms with Crippen LogP contribution in [0.4, 0.5) is 17.1 Å². The zero-order valence-corrected chi connectivity index (χ0v) is 20.3. The average Bonchev–Trinajstić information content (AvgIpc) is 2.94. The Morgan fingerprint density at radius 3 is 1.78 bits per heavy atom. The maximum atomic E-state index is 9.51. The number of hydrogen-bond acceptors (Lipinski definition) is 3.